The van der Waals surface area contributed by atoms with Crippen molar-refractivity contribution in [3.8, 4) is 44.5 Å². The first-order valence-corrected chi connectivity index (χ1v) is 19.2. The molecule has 2 heteroatoms. The minimum atomic E-state index is 1.11. The van der Waals surface area contributed by atoms with Crippen molar-refractivity contribution in [2.24, 2.45) is 0 Å². The predicted molar refractivity (Wildman–Crippen MR) is 233 cm³/mol. The van der Waals surface area contributed by atoms with Gasteiger partial charge in [0.15, 0.2) is 0 Å². The molecule has 1 nitrogen and oxygen atoms in total. The molecule has 9 aromatic carbocycles. The molecule has 0 unspecified atom stereocenters. The average Bonchev–Trinajstić information content (AvgIpc) is 3.64. The second-order valence-corrected chi connectivity index (χ2v) is 14.8. The van der Waals surface area contributed by atoms with Crippen molar-refractivity contribution in [3.05, 3.63) is 212 Å². The van der Waals surface area contributed by atoms with Gasteiger partial charge in [0.2, 0.25) is 0 Å². The Hall–Kier alpha value is -6.74. The van der Waals surface area contributed by atoms with Crippen molar-refractivity contribution in [2.45, 2.75) is 0 Å². The summed E-state index contributed by atoms with van der Waals surface area (Å²) in [7, 11) is 0. The summed E-state index contributed by atoms with van der Waals surface area (Å²) >= 11 is 1.86. The van der Waals surface area contributed by atoms with Crippen LogP contribution in [0.4, 0.5) is 17.1 Å². The lowest BCUT2D eigenvalue weighted by atomic mass is 9.93. The Balaban J connectivity index is 1.13. The molecule has 0 saturated carbocycles. The van der Waals surface area contributed by atoms with Crippen LogP contribution in [-0.4, -0.2) is 0 Å². The first-order chi connectivity index (χ1) is 26.8. The highest BCUT2D eigenvalue weighted by molar-refractivity contribution is 7.26. The van der Waals surface area contributed by atoms with E-state index >= 15 is 0 Å². The van der Waals surface area contributed by atoms with Gasteiger partial charge in [-0.2, -0.15) is 0 Å². The zero-order valence-corrected chi connectivity index (χ0v) is 30.4. The van der Waals surface area contributed by atoms with E-state index in [2.05, 4.69) is 217 Å². The first-order valence-electron chi connectivity index (χ1n) is 18.4. The Morgan fingerprint density at radius 3 is 1.74 bits per heavy atom. The summed E-state index contributed by atoms with van der Waals surface area (Å²) in [6, 6.07) is 77.2. The summed E-state index contributed by atoms with van der Waals surface area (Å²) < 4.78 is 2.58. The first kappa shape index (κ1) is 32.0. The standard InChI is InChI=1S/C52H35NS/c1-2-15-38(16-3-1)44-20-6-7-21-45(44)46-22-8-10-24-48(46)53(49-25-13-27-51-52(49)47-23-9-11-26-50(47)54-51)43-32-30-37(31-33-43)40-18-12-19-41(34-40)42-29-28-36-14-4-5-17-39(36)35-42/h1-35H. The Kier molecular flexibility index (Phi) is 8.09. The molecule has 0 amide bonds. The van der Waals surface area contributed by atoms with E-state index in [9.17, 15) is 0 Å². The van der Waals surface area contributed by atoms with Crippen LogP contribution in [0.25, 0.3) is 75.5 Å². The lowest BCUT2D eigenvalue weighted by molar-refractivity contribution is 1.30. The molecule has 10 rings (SSSR count). The van der Waals surface area contributed by atoms with E-state index < -0.39 is 0 Å². The van der Waals surface area contributed by atoms with Gasteiger partial charge in [-0.25, -0.2) is 0 Å². The maximum atomic E-state index is 2.47. The third-order valence-corrected chi connectivity index (χ3v) is 11.6. The molecule has 0 saturated heterocycles. The Bertz CT molecular complexity index is 2940. The average molecular weight is 706 g/mol. The van der Waals surface area contributed by atoms with Crippen LogP contribution >= 0.6 is 11.3 Å². The second-order valence-electron chi connectivity index (χ2n) is 13.7. The van der Waals surface area contributed by atoms with Gasteiger partial charge < -0.3 is 4.90 Å². The third-order valence-electron chi connectivity index (χ3n) is 10.5. The number of anilines is 3. The van der Waals surface area contributed by atoms with E-state index in [1.54, 1.807) is 0 Å². The van der Waals surface area contributed by atoms with Gasteiger partial charge in [0, 0.05) is 31.4 Å². The summed E-state index contributed by atoms with van der Waals surface area (Å²) in [5.74, 6) is 0. The van der Waals surface area contributed by atoms with Crippen LogP contribution in [0.3, 0.4) is 0 Å². The summed E-state index contributed by atoms with van der Waals surface area (Å²) in [4.78, 5) is 2.47. The Morgan fingerprint density at radius 2 is 0.889 bits per heavy atom. The molecule has 0 bridgehead atoms. The zero-order chi connectivity index (χ0) is 35.8. The number of para-hydroxylation sites is 1. The number of thiophene rings is 1. The molecular formula is C52H35NS. The molecule has 254 valence electrons. The SMILES string of the molecule is c1ccc(-c2ccccc2-c2ccccc2N(c2ccc(-c3cccc(-c4ccc5ccccc5c4)c3)cc2)c2cccc3sc4ccccc4c23)cc1. The highest BCUT2D eigenvalue weighted by atomic mass is 32.1. The second kappa shape index (κ2) is 13.7. The maximum Gasteiger partial charge on any atom is 0.0555 e. The van der Waals surface area contributed by atoms with Crippen molar-refractivity contribution in [1.82, 2.24) is 0 Å². The number of rotatable bonds is 7. The molecule has 1 aromatic heterocycles. The highest BCUT2D eigenvalue weighted by Crippen LogP contribution is 2.48. The van der Waals surface area contributed by atoms with Gasteiger partial charge in [-0.05, 0) is 98.2 Å². The van der Waals surface area contributed by atoms with Gasteiger partial charge in [0.05, 0.1) is 11.4 Å². The van der Waals surface area contributed by atoms with Gasteiger partial charge in [-0.15, -0.1) is 11.3 Å². The number of hydrogen-bond acceptors (Lipinski definition) is 2. The summed E-state index contributed by atoms with van der Waals surface area (Å²) in [5, 5.41) is 5.07. The number of hydrogen-bond donors (Lipinski definition) is 0. The minimum absolute atomic E-state index is 1.11. The summed E-state index contributed by atoms with van der Waals surface area (Å²) in [5.41, 5.74) is 13.0. The smallest absolute Gasteiger partial charge is 0.0555 e. The summed E-state index contributed by atoms with van der Waals surface area (Å²) in [6.07, 6.45) is 0. The molecule has 0 atom stereocenters. The maximum absolute atomic E-state index is 2.47. The fourth-order valence-corrected chi connectivity index (χ4v) is 9.01. The normalized spacial score (nSPS) is 11.3. The molecule has 0 aliphatic rings. The van der Waals surface area contributed by atoms with E-state index in [-0.39, 0.29) is 0 Å². The largest absolute Gasteiger partial charge is 0.309 e. The van der Waals surface area contributed by atoms with Crippen molar-refractivity contribution in [2.75, 3.05) is 4.90 Å². The highest BCUT2D eigenvalue weighted by Gasteiger charge is 2.22. The molecule has 0 spiro atoms. The van der Waals surface area contributed by atoms with Crippen LogP contribution in [0, 0.1) is 0 Å². The quantitative estimate of drug-likeness (QED) is 0.160. The van der Waals surface area contributed by atoms with Crippen molar-refractivity contribution >= 4 is 59.3 Å². The molecule has 0 fully saturated rings. The van der Waals surface area contributed by atoms with E-state index in [1.165, 1.54) is 81.1 Å². The van der Waals surface area contributed by atoms with E-state index in [0.29, 0.717) is 0 Å². The molecule has 54 heavy (non-hydrogen) atoms. The summed E-state index contributed by atoms with van der Waals surface area (Å²) in [6.45, 7) is 0. The van der Waals surface area contributed by atoms with Crippen molar-refractivity contribution in [3.63, 3.8) is 0 Å². The lowest BCUT2D eigenvalue weighted by Crippen LogP contribution is -2.11. The fourth-order valence-electron chi connectivity index (χ4n) is 7.88. The molecule has 0 aliphatic heterocycles. The Labute approximate surface area is 319 Å². The van der Waals surface area contributed by atoms with Crippen molar-refractivity contribution in [1.29, 1.82) is 0 Å². The van der Waals surface area contributed by atoms with Crippen LogP contribution in [-0.2, 0) is 0 Å². The van der Waals surface area contributed by atoms with E-state index in [4.69, 9.17) is 0 Å². The molecule has 0 radical (unpaired) electrons. The minimum Gasteiger partial charge on any atom is -0.309 e. The van der Waals surface area contributed by atoms with Gasteiger partial charge in [0.1, 0.15) is 0 Å². The van der Waals surface area contributed by atoms with E-state index in [1.807, 2.05) is 11.3 Å². The van der Waals surface area contributed by atoms with Crippen LogP contribution < -0.4 is 4.90 Å². The van der Waals surface area contributed by atoms with E-state index in [0.717, 1.165) is 11.4 Å². The molecule has 1 heterocycles. The monoisotopic (exact) mass is 705 g/mol. The number of fused-ring (bicyclic) bond motifs is 4. The number of benzene rings is 9. The topological polar surface area (TPSA) is 3.24 Å². The van der Waals surface area contributed by atoms with Gasteiger partial charge >= 0.3 is 0 Å². The molecular weight excluding hydrogens is 671 g/mol. The van der Waals surface area contributed by atoms with Gasteiger partial charge in [-0.1, -0.05) is 164 Å². The van der Waals surface area contributed by atoms with Crippen LogP contribution in [0.15, 0.2) is 212 Å². The van der Waals surface area contributed by atoms with Crippen LogP contribution in [0.1, 0.15) is 0 Å². The molecule has 0 aliphatic carbocycles. The lowest BCUT2D eigenvalue weighted by Gasteiger charge is -2.29. The Morgan fingerprint density at radius 1 is 0.315 bits per heavy atom. The molecule has 10 aromatic rings. The fraction of sp³-hybridized carbons (Fsp3) is 0. The van der Waals surface area contributed by atoms with Crippen molar-refractivity contribution < 1.29 is 0 Å². The van der Waals surface area contributed by atoms with Crippen LogP contribution in [0.2, 0.25) is 0 Å². The van der Waals surface area contributed by atoms with Gasteiger partial charge in [-0.3, -0.25) is 0 Å². The predicted octanol–water partition coefficient (Wildman–Crippen LogP) is 15.3. The molecule has 0 N–H and O–H groups in total. The number of nitrogens with zero attached hydrogens (tertiary/aromatic N) is 1. The third kappa shape index (κ3) is 5.74. The zero-order valence-electron chi connectivity index (χ0n) is 29.6. The van der Waals surface area contributed by atoms with Crippen LogP contribution in [0.5, 0.6) is 0 Å². The van der Waals surface area contributed by atoms with Gasteiger partial charge in [0.25, 0.3) is 0 Å².